The molecule has 1 amide bonds. The summed E-state index contributed by atoms with van der Waals surface area (Å²) in [7, 11) is 0. The number of benzene rings is 2. The van der Waals surface area contributed by atoms with Gasteiger partial charge in [-0.3, -0.25) is 20.2 Å². The molecule has 0 saturated carbocycles. The number of nitro groups is 1. The van der Waals surface area contributed by atoms with E-state index in [2.05, 4.69) is 15.6 Å². The Labute approximate surface area is 180 Å². The highest BCUT2D eigenvalue weighted by Crippen LogP contribution is 2.27. The summed E-state index contributed by atoms with van der Waals surface area (Å²) in [5, 5.41) is 17.3. The molecule has 0 spiro atoms. The maximum absolute atomic E-state index is 12.9. The second kappa shape index (κ2) is 8.69. The lowest BCUT2D eigenvalue weighted by molar-refractivity contribution is -0.384. The van der Waals surface area contributed by atoms with Crippen LogP contribution in [0.3, 0.4) is 0 Å². The van der Waals surface area contributed by atoms with Crippen LogP contribution in [0.1, 0.15) is 10.4 Å². The smallest absolute Gasteiger partial charge is 0.270 e. The largest absolute Gasteiger partial charge is 0.378 e. The molecule has 1 aromatic heterocycles. The zero-order valence-corrected chi connectivity index (χ0v) is 17.3. The third-order valence-corrected chi connectivity index (χ3v) is 5.68. The first-order chi connectivity index (χ1) is 14.5. The average molecular weight is 444 g/mol. The molecule has 4 rings (SSSR count). The number of nitrogens with one attached hydrogen (secondary N) is 2. The molecule has 1 aliphatic rings. The molecule has 1 saturated heterocycles. The minimum Gasteiger partial charge on any atom is -0.378 e. The van der Waals surface area contributed by atoms with Crippen molar-refractivity contribution in [3.05, 3.63) is 58.1 Å². The molecule has 0 unspecified atom stereocenters. The van der Waals surface area contributed by atoms with Crippen molar-refractivity contribution in [2.24, 2.45) is 0 Å². The van der Waals surface area contributed by atoms with Crippen LogP contribution in [-0.4, -0.2) is 47.2 Å². The Morgan fingerprint density at radius 2 is 2.00 bits per heavy atom. The highest BCUT2D eigenvalue weighted by Gasteiger charge is 2.22. The van der Waals surface area contributed by atoms with Crippen molar-refractivity contribution < 1.29 is 14.5 Å². The summed E-state index contributed by atoms with van der Waals surface area (Å²) in [6.45, 7) is 2.23. The van der Waals surface area contributed by atoms with Gasteiger partial charge in [-0.1, -0.05) is 23.5 Å². The molecule has 0 aliphatic carbocycles. The van der Waals surface area contributed by atoms with E-state index in [0.717, 1.165) is 10.2 Å². The van der Waals surface area contributed by atoms with Gasteiger partial charge in [-0.2, -0.15) is 0 Å². The minimum atomic E-state index is -0.530. The number of nitrogens with zero attached hydrogens (tertiary/aromatic N) is 3. The summed E-state index contributed by atoms with van der Waals surface area (Å²) in [5.41, 5.74) is 1.44. The fourth-order valence-corrected chi connectivity index (χ4v) is 4.25. The van der Waals surface area contributed by atoms with Crippen LogP contribution in [0.5, 0.6) is 0 Å². The number of non-ortho nitro benzene ring substituents is 1. The van der Waals surface area contributed by atoms with Crippen LogP contribution in [0.15, 0.2) is 42.5 Å². The van der Waals surface area contributed by atoms with Crippen molar-refractivity contribution >= 4 is 61.3 Å². The van der Waals surface area contributed by atoms with E-state index in [1.165, 1.54) is 23.5 Å². The van der Waals surface area contributed by atoms with Gasteiger partial charge in [-0.05, 0) is 30.4 Å². The van der Waals surface area contributed by atoms with Crippen LogP contribution in [-0.2, 0) is 4.74 Å². The number of morpholine rings is 1. The van der Waals surface area contributed by atoms with E-state index in [4.69, 9.17) is 17.0 Å². The van der Waals surface area contributed by atoms with Gasteiger partial charge in [-0.25, -0.2) is 4.98 Å². The third-order valence-electron chi connectivity index (χ3n) is 4.53. The fraction of sp³-hybridized carbons (Fsp3) is 0.211. The molecular formula is C19H17N5O4S2. The van der Waals surface area contributed by atoms with Gasteiger partial charge >= 0.3 is 0 Å². The summed E-state index contributed by atoms with van der Waals surface area (Å²) in [5.74, 6) is -0.529. The predicted molar refractivity (Wildman–Crippen MR) is 119 cm³/mol. The number of anilines is 2. The number of carbonyl (C=O) groups is 1. The van der Waals surface area contributed by atoms with Crippen molar-refractivity contribution in [3.63, 3.8) is 0 Å². The summed E-state index contributed by atoms with van der Waals surface area (Å²) >= 11 is 6.67. The molecule has 2 aromatic carbocycles. The number of ether oxygens (including phenoxy) is 1. The third kappa shape index (κ3) is 4.37. The van der Waals surface area contributed by atoms with Gasteiger partial charge in [0.2, 0.25) is 0 Å². The molecule has 1 aliphatic heterocycles. The molecule has 2 heterocycles. The lowest BCUT2D eigenvalue weighted by Gasteiger charge is -2.30. The van der Waals surface area contributed by atoms with Crippen LogP contribution in [0.25, 0.3) is 10.2 Å². The van der Waals surface area contributed by atoms with Crippen molar-refractivity contribution in [2.45, 2.75) is 0 Å². The number of fused-ring (bicyclic) bond motifs is 1. The monoisotopic (exact) mass is 443 g/mol. The Hall–Kier alpha value is -3.15. The average Bonchev–Trinajstić information content (AvgIpc) is 3.15. The van der Waals surface area contributed by atoms with E-state index in [0.29, 0.717) is 37.1 Å². The molecule has 0 atom stereocenters. The van der Waals surface area contributed by atoms with Gasteiger partial charge in [0.15, 0.2) is 10.2 Å². The van der Waals surface area contributed by atoms with Crippen molar-refractivity contribution in [2.75, 3.05) is 36.5 Å². The number of thiazole rings is 1. The van der Waals surface area contributed by atoms with E-state index in [1.807, 2.05) is 29.2 Å². The quantitative estimate of drug-likeness (QED) is 0.360. The van der Waals surface area contributed by atoms with Crippen molar-refractivity contribution in [3.8, 4) is 0 Å². The van der Waals surface area contributed by atoms with Crippen LogP contribution >= 0.6 is 23.6 Å². The summed E-state index contributed by atoms with van der Waals surface area (Å²) in [6, 6.07) is 11.9. The number of nitro benzene ring substituents is 1. The van der Waals surface area contributed by atoms with Gasteiger partial charge in [0.25, 0.3) is 11.6 Å². The number of carbonyl (C=O) groups excluding carboxylic acids is 1. The van der Waals surface area contributed by atoms with Gasteiger partial charge in [-0.15, -0.1) is 0 Å². The topological polar surface area (TPSA) is 110 Å². The maximum Gasteiger partial charge on any atom is 0.270 e. The summed E-state index contributed by atoms with van der Waals surface area (Å²) in [6.07, 6.45) is 0. The Balaban J connectivity index is 1.54. The minimum absolute atomic E-state index is 0.0680. The number of rotatable bonds is 4. The predicted octanol–water partition coefficient (Wildman–Crippen LogP) is 3.17. The number of hydrogen-bond acceptors (Lipinski definition) is 8. The Morgan fingerprint density at radius 1 is 1.23 bits per heavy atom. The zero-order valence-electron chi connectivity index (χ0n) is 15.7. The lowest BCUT2D eigenvalue weighted by Crippen LogP contribution is -2.39. The van der Waals surface area contributed by atoms with Gasteiger partial charge < -0.3 is 15.0 Å². The van der Waals surface area contributed by atoms with Crippen LogP contribution in [0.2, 0.25) is 0 Å². The molecule has 0 bridgehead atoms. The number of para-hydroxylation sites is 1. The van der Waals surface area contributed by atoms with E-state index in [9.17, 15) is 14.9 Å². The maximum atomic E-state index is 12.9. The first-order valence-electron chi connectivity index (χ1n) is 9.10. The second-order valence-corrected chi connectivity index (χ2v) is 7.89. The second-order valence-electron chi connectivity index (χ2n) is 6.45. The number of amides is 1. The number of hydrogen-bond donors (Lipinski definition) is 2. The molecule has 2 N–H and O–H groups in total. The highest BCUT2D eigenvalue weighted by molar-refractivity contribution is 7.80. The Morgan fingerprint density at radius 3 is 2.73 bits per heavy atom. The standard InChI is InChI=1S/C19H17N5O4S2/c25-17(21-18(29)22-19-20-14-3-1-2-4-16(14)30-19)13-11-12(24(26)27)5-6-15(13)23-7-9-28-10-8-23/h1-6,11H,7-10H2,(H2,20,21,22,25,29). The van der Waals surface area contributed by atoms with E-state index >= 15 is 0 Å². The van der Waals surface area contributed by atoms with Crippen molar-refractivity contribution in [1.29, 1.82) is 0 Å². The Bertz CT molecular complexity index is 1090. The fourth-order valence-electron chi connectivity index (χ4n) is 3.12. The first-order valence-corrected chi connectivity index (χ1v) is 10.3. The molecule has 11 heteroatoms. The number of thiocarbonyl (C=S) groups is 1. The zero-order chi connectivity index (χ0) is 21.1. The van der Waals surface area contributed by atoms with Crippen LogP contribution < -0.4 is 15.5 Å². The lowest BCUT2D eigenvalue weighted by atomic mass is 10.1. The van der Waals surface area contributed by atoms with E-state index in [-0.39, 0.29) is 16.4 Å². The normalized spacial score (nSPS) is 13.8. The molecule has 30 heavy (non-hydrogen) atoms. The molecular weight excluding hydrogens is 426 g/mol. The van der Waals surface area contributed by atoms with Gasteiger partial charge in [0, 0.05) is 25.2 Å². The molecule has 0 radical (unpaired) electrons. The Kier molecular flexibility index (Phi) is 5.84. The summed E-state index contributed by atoms with van der Waals surface area (Å²) in [4.78, 5) is 30.0. The van der Waals surface area contributed by atoms with E-state index in [1.54, 1.807) is 6.07 Å². The van der Waals surface area contributed by atoms with E-state index < -0.39 is 10.8 Å². The number of aromatic nitrogens is 1. The highest BCUT2D eigenvalue weighted by atomic mass is 32.1. The molecule has 9 nitrogen and oxygen atoms in total. The van der Waals surface area contributed by atoms with Gasteiger partial charge in [0.05, 0.1) is 39.6 Å². The van der Waals surface area contributed by atoms with Crippen LogP contribution in [0, 0.1) is 10.1 Å². The first kappa shape index (κ1) is 20.1. The summed E-state index contributed by atoms with van der Waals surface area (Å²) < 4.78 is 6.34. The van der Waals surface area contributed by atoms with Crippen molar-refractivity contribution in [1.82, 2.24) is 10.3 Å². The van der Waals surface area contributed by atoms with Gasteiger partial charge in [0.1, 0.15) is 0 Å². The molecule has 1 fully saturated rings. The van der Waals surface area contributed by atoms with Crippen LogP contribution in [0.4, 0.5) is 16.5 Å². The molecule has 154 valence electrons. The SMILES string of the molecule is O=C(NC(=S)Nc1nc2ccccc2s1)c1cc([N+](=O)[O-])ccc1N1CCOCC1. The molecule has 3 aromatic rings.